The van der Waals surface area contributed by atoms with Gasteiger partial charge in [-0.25, -0.2) is 0 Å². The van der Waals surface area contributed by atoms with E-state index in [2.05, 4.69) is 11.8 Å². The number of rotatable bonds is 2. The Morgan fingerprint density at radius 3 is 2.70 bits per heavy atom. The zero-order valence-electron chi connectivity index (χ0n) is 12.0. The Bertz CT molecular complexity index is 512. The molecule has 5 nitrogen and oxygen atoms in total. The third kappa shape index (κ3) is 2.38. The highest BCUT2D eigenvalue weighted by molar-refractivity contribution is 5.54. The summed E-state index contributed by atoms with van der Waals surface area (Å²) in [5.74, 6) is 0. The quantitative estimate of drug-likeness (QED) is 0.473. The monoisotopic (exact) mass is 276 g/mol. The first kappa shape index (κ1) is 13.4. The first-order valence-electron chi connectivity index (χ1n) is 7.46. The molecule has 2 aliphatic rings. The molecule has 3 rings (SSSR count). The summed E-state index contributed by atoms with van der Waals surface area (Å²) in [4.78, 5) is 12.9. The number of hydrogen-bond donors (Lipinski definition) is 0. The van der Waals surface area contributed by atoms with Gasteiger partial charge in [0.2, 0.25) is 0 Å². The van der Waals surface area contributed by atoms with Crippen molar-refractivity contribution in [1.82, 2.24) is 0 Å². The number of quaternary nitrogens is 1. The van der Waals surface area contributed by atoms with Crippen molar-refractivity contribution in [2.75, 3.05) is 37.6 Å². The molecule has 0 amide bonds. The summed E-state index contributed by atoms with van der Waals surface area (Å²) in [6.07, 6.45) is 2.70. The van der Waals surface area contributed by atoms with Crippen LogP contribution in [0.1, 0.15) is 19.8 Å². The van der Waals surface area contributed by atoms with Gasteiger partial charge in [-0.1, -0.05) is 6.07 Å². The highest BCUT2D eigenvalue weighted by atomic mass is 16.6. The number of anilines is 1. The third-order valence-corrected chi connectivity index (χ3v) is 4.89. The van der Waals surface area contributed by atoms with Crippen molar-refractivity contribution in [3.05, 3.63) is 34.4 Å². The fourth-order valence-corrected chi connectivity index (χ4v) is 3.87. The van der Waals surface area contributed by atoms with Crippen LogP contribution in [0, 0.1) is 10.1 Å². The van der Waals surface area contributed by atoms with Crippen LogP contribution in [0.3, 0.4) is 0 Å². The first-order valence-corrected chi connectivity index (χ1v) is 7.46. The molecular weight excluding hydrogens is 254 g/mol. The minimum absolute atomic E-state index is 0.186. The maximum absolute atomic E-state index is 10.9. The van der Waals surface area contributed by atoms with Crippen LogP contribution in [-0.2, 0) is 0 Å². The van der Waals surface area contributed by atoms with Gasteiger partial charge >= 0.3 is 0 Å². The Kier molecular flexibility index (Phi) is 3.38. The number of benzene rings is 1. The van der Waals surface area contributed by atoms with Gasteiger partial charge in [-0.15, -0.1) is 0 Å². The van der Waals surface area contributed by atoms with Crippen LogP contribution in [0.2, 0.25) is 0 Å². The Morgan fingerprint density at radius 2 is 2.05 bits per heavy atom. The minimum Gasteiger partial charge on any atom is -0.357 e. The van der Waals surface area contributed by atoms with Crippen LogP contribution in [-0.4, -0.2) is 48.2 Å². The zero-order chi connectivity index (χ0) is 14.2. The van der Waals surface area contributed by atoms with Crippen molar-refractivity contribution in [3.63, 3.8) is 0 Å². The molecule has 2 aliphatic heterocycles. The standard InChI is InChI=1S/C15H22N3O2/c1-13-12-18(8-2-3-9-18)10-7-16(13)14-5-4-6-15(11-14)17(19)20/h4-6,11,13H,2-3,7-10,12H2,1H3/q+1/t13-/m0/s1. The van der Waals surface area contributed by atoms with Gasteiger partial charge in [0.05, 0.1) is 43.7 Å². The normalized spacial score (nSPS) is 25.1. The third-order valence-electron chi connectivity index (χ3n) is 4.89. The molecule has 2 heterocycles. The van der Waals surface area contributed by atoms with Crippen LogP contribution in [0.5, 0.6) is 0 Å². The molecule has 0 aromatic heterocycles. The van der Waals surface area contributed by atoms with E-state index in [9.17, 15) is 10.1 Å². The highest BCUT2D eigenvalue weighted by Gasteiger charge is 2.39. The highest BCUT2D eigenvalue weighted by Crippen LogP contribution is 2.29. The topological polar surface area (TPSA) is 46.4 Å². The van der Waals surface area contributed by atoms with E-state index in [1.165, 1.54) is 43.5 Å². The summed E-state index contributed by atoms with van der Waals surface area (Å²) in [5, 5.41) is 10.9. The molecular formula is C15H22N3O2+. The second kappa shape index (κ2) is 5.05. The molecule has 1 aromatic carbocycles. The van der Waals surface area contributed by atoms with Crippen molar-refractivity contribution in [2.45, 2.75) is 25.8 Å². The molecule has 20 heavy (non-hydrogen) atoms. The molecule has 0 N–H and O–H groups in total. The number of piperazine rings is 1. The van der Waals surface area contributed by atoms with E-state index in [1.807, 2.05) is 6.07 Å². The number of nitro benzene ring substituents is 1. The molecule has 1 spiro atoms. The molecule has 0 saturated carbocycles. The molecule has 2 fully saturated rings. The predicted molar refractivity (Wildman–Crippen MR) is 78.9 cm³/mol. The van der Waals surface area contributed by atoms with E-state index < -0.39 is 0 Å². The molecule has 0 radical (unpaired) electrons. The SMILES string of the molecule is C[C@H]1C[N+]2(CCCC2)CCN1c1cccc([N+](=O)[O-])c1. The number of nitrogens with zero attached hydrogens (tertiary/aromatic N) is 3. The molecule has 108 valence electrons. The Balaban J connectivity index is 1.78. The van der Waals surface area contributed by atoms with Crippen LogP contribution in [0.25, 0.3) is 0 Å². The fourth-order valence-electron chi connectivity index (χ4n) is 3.87. The summed E-state index contributed by atoms with van der Waals surface area (Å²) in [6, 6.07) is 7.49. The largest absolute Gasteiger partial charge is 0.357 e. The Hall–Kier alpha value is -1.62. The molecule has 1 aromatic rings. The minimum atomic E-state index is -0.313. The van der Waals surface area contributed by atoms with Crippen LogP contribution in [0.4, 0.5) is 11.4 Å². The number of non-ortho nitro benzene ring substituents is 1. The molecule has 0 aliphatic carbocycles. The lowest BCUT2D eigenvalue weighted by Crippen LogP contribution is -2.61. The van der Waals surface area contributed by atoms with E-state index in [0.717, 1.165) is 12.2 Å². The van der Waals surface area contributed by atoms with Gasteiger partial charge in [-0.2, -0.15) is 0 Å². The number of nitro groups is 1. The van der Waals surface area contributed by atoms with E-state index in [1.54, 1.807) is 18.2 Å². The lowest BCUT2D eigenvalue weighted by Gasteiger charge is -2.46. The predicted octanol–water partition coefficient (Wildman–Crippen LogP) is 2.41. The number of hydrogen-bond acceptors (Lipinski definition) is 3. The summed E-state index contributed by atoms with van der Waals surface area (Å²) in [5.41, 5.74) is 1.18. The molecule has 5 heteroatoms. The van der Waals surface area contributed by atoms with Crippen LogP contribution in [0.15, 0.2) is 24.3 Å². The average molecular weight is 276 g/mol. The molecule has 0 unspecified atom stereocenters. The van der Waals surface area contributed by atoms with Gasteiger partial charge in [0.25, 0.3) is 5.69 Å². The van der Waals surface area contributed by atoms with Gasteiger partial charge in [-0.05, 0) is 13.0 Å². The van der Waals surface area contributed by atoms with Crippen molar-refractivity contribution in [3.8, 4) is 0 Å². The lowest BCUT2D eigenvalue weighted by molar-refractivity contribution is -0.919. The van der Waals surface area contributed by atoms with Crippen molar-refractivity contribution < 1.29 is 9.41 Å². The average Bonchev–Trinajstić information content (AvgIpc) is 2.87. The lowest BCUT2D eigenvalue weighted by atomic mass is 10.1. The van der Waals surface area contributed by atoms with Gasteiger partial charge in [-0.3, -0.25) is 10.1 Å². The molecule has 0 bridgehead atoms. The maximum Gasteiger partial charge on any atom is 0.271 e. The fraction of sp³-hybridized carbons (Fsp3) is 0.600. The van der Waals surface area contributed by atoms with Gasteiger partial charge in [0.1, 0.15) is 0 Å². The second-order valence-corrected chi connectivity index (χ2v) is 6.22. The van der Waals surface area contributed by atoms with E-state index in [4.69, 9.17) is 0 Å². The molecule has 1 atom stereocenters. The summed E-state index contributed by atoms with van der Waals surface area (Å²) >= 11 is 0. The Morgan fingerprint density at radius 1 is 1.30 bits per heavy atom. The van der Waals surface area contributed by atoms with E-state index >= 15 is 0 Å². The summed E-state index contributed by atoms with van der Waals surface area (Å²) < 4.78 is 1.26. The van der Waals surface area contributed by atoms with Crippen molar-refractivity contribution >= 4 is 11.4 Å². The second-order valence-electron chi connectivity index (χ2n) is 6.22. The van der Waals surface area contributed by atoms with Crippen LogP contribution >= 0.6 is 0 Å². The zero-order valence-corrected chi connectivity index (χ0v) is 12.0. The first-order chi connectivity index (χ1) is 9.60. The van der Waals surface area contributed by atoms with E-state index in [0.29, 0.717) is 6.04 Å². The smallest absolute Gasteiger partial charge is 0.271 e. The van der Waals surface area contributed by atoms with Gasteiger partial charge < -0.3 is 9.38 Å². The van der Waals surface area contributed by atoms with Crippen molar-refractivity contribution in [2.24, 2.45) is 0 Å². The van der Waals surface area contributed by atoms with E-state index in [-0.39, 0.29) is 10.6 Å². The summed E-state index contributed by atoms with van der Waals surface area (Å²) in [7, 11) is 0. The maximum atomic E-state index is 10.9. The van der Waals surface area contributed by atoms with Gasteiger partial charge in [0, 0.05) is 30.7 Å². The van der Waals surface area contributed by atoms with Gasteiger partial charge in [0.15, 0.2) is 0 Å². The van der Waals surface area contributed by atoms with Crippen molar-refractivity contribution in [1.29, 1.82) is 0 Å². The Labute approximate surface area is 119 Å². The van der Waals surface area contributed by atoms with Crippen LogP contribution < -0.4 is 4.90 Å². The molecule has 2 saturated heterocycles. The summed E-state index contributed by atoms with van der Waals surface area (Å²) in [6.45, 7) is 8.22.